The second kappa shape index (κ2) is 14.4. The van der Waals surface area contributed by atoms with E-state index >= 15 is 0 Å². The molecule has 166 valence electrons. The fourth-order valence-corrected chi connectivity index (χ4v) is 3.81. The van der Waals surface area contributed by atoms with Gasteiger partial charge in [-0.3, -0.25) is 4.79 Å². The van der Waals surface area contributed by atoms with Crippen LogP contribution in [0.15, 0.2) is 60.7 Å². The second-order valence-corrected chi connectivity index (χ2v) is 7.92. The first-order valence-corrected chi connectivity index (χ1v) is 10.5. The van der Waals surface area contributed by atoms with E-state index in [1.165, 1.54) is 17.5 Å². The number of carbonyl (C=O) groups is 1. The van der Waals surface area contributed by atoms with Crippen LogP contribution in [0.1, 0.15) is 30.4 Å². The second-order valence-electron chi connectivity index (χ2n) is 7.92. The van der Waals surface area contributed by atoms with Crippen LogP contribution in [0.4, 0.5) is 0 Å². The summed E-state index contributed by atoms with van der Waals surface area (Å²) >= 11 is 0. The third-order valence-electron chi connectivity index (χ3n) is 5.54. The van der Waals surface area contributed by atoms with Crippen molar-refractivity contribution >= 4 is 30.7 Å². The van der Waals surface area contributed by atoms with E-state index in [2.05, 4.69) is 53.7 Å². The van der Waals surface area contributed by atoms with Gasteiger partial charge in [-0.05, 0) is 50.0 Å². The average molecular weight is 452 g/mol. The van der Waals surface area contributed by atoms with Crippen LogP contribution >= 0.6 is 24.8 Å². The number of nitrogens with one attached hydrogen (secondary N) is 1. The van der Waals surface area contributed by atoms with Crippen molar-refractivity contribution in [2.45, 2.75) is 32.4 Å². The Kier molecular flexibility index (Phi) is 12.7. The molecule has 2 aromatic rings. The van der Waals surface area contributed by atoms with Crippen molar-refractivity contribution in [3.05, 3.63) is 71.8 Å². The molecule has 30 heavy (non-hydrogen) atoms. The largest absolute Gasteiger partial charge is 0.337 e. The Balaban J connectivity index is 0.00000225. The molecule has 1 heterocycles. The smallest absolute Gasteiger partial charge is 0.222 e. The Hall–Kier alpha value is -1.59. The van der Waals surface area contributed by atoms with E-state index in [1.54, 1.807) is 0 Å². The molecule has 0 bridgehead atoms. The van der Waals surface area contributed by atoms with Crippen molar-refractivity contribution in [2.75, 3.05) is 33.2 Å². The molecule has 1 fully saturated rings. The highest BCUT2D eigenvalue weighted by molar-refractivity contribution is 5.85. The minimum absolute atomic E-state index is 0. The molecule has 6 heteroatoms. The van der Waals surface area contributed by atoms with Gasteiger partial charge in [0.15, 0.2) is 0 Å². The zero-order valence-corrected chi connectivity index (χ0v) is 19.5. The lowest BCUT2D eigenvalue weighted by Crippen LogP contribution is -2.37. The molecule has 1 saturated heterocycles. The number of benzene rings is 2. The van der Waals surface area contributed by atoms with E-state index in [9.17, 15) is 4.79 Å². The summed E-state index contributed by atoms with van der Waals surface area (Å²) in [5, 5.41) is 3.40. The first kappa shape index (κ1) is 26.4. The van der Waals surface area contributed by atoms with Crippen molar-refractivity contribution in [2.24, 2.45) is 5.92 Å². The molecular weight excluding hydrogens is 417 g/mol. The quantitative estimate of drug-likeness (QED) is 0.581. The van der Waals surface area contributed by atoms with E-state index in [-0.39, 0.29) is 30.7 Å². The zero-order valence-electron chi connectivity index (χ0n) is 17.8. The summed E-state index contributed by atoms with van der Waals surface area (Å²) in [6, 6.07) is 20.8. The van der Waals surface area contributed by atoms with Crippen LogP contribution in [0.3, 0.4) is 0 Å². The molecule has 0 aromatic heterocycles. The predicted octanol–water partition coefficient (Wildman–Crippen LogP) is 4.38. The Morgan fingerprint density at radius 1 is 0.933 bits per heavy atom. The number of carbonyl (C=O) groups excluding carboxylic acids is 1. The molecule has 1 unspecified atom stereocenters. The molecule has 2 aromatic carbocycles. The lowest BCUT2D eigenvalue weighted by Gasteiger charge is -2.26. The fraction of sp³-hybridized carbons (Fsp3) is 0.458. The van der Waals surface area contributed by atoms with Crippen LogP contribution in [-0.4, -0.2) is 48.9 Å². The Morgan fingerprint density at radius 2 is 1.53 bits per heavy atom. The van der Waals surface area contributed by atoms with Gasteiger partial charge in [-0.25, -0.2) is 0 Å². The lowest BCUT2D eigenvalue weighted by atomic mass is 10.0. The minimum atomic E-state index is 0. The summed E-state index contributed by atoms with van der Waals surface area (Å²) in [6.07, 6.45) is 2.85. The SMILES string of the molecule is CN(CCN(Cc1ccccc1)C(=O)CCC1CCNC1)Cc1ccccc1.Cl.Cl. The van der Waals surface area contributed by atoms with E-state index in [0.717, 1.165) is 39.1 Å². The molecule has 4 nitrogen and oxygen atoms in total. The van der Waals surface area contributed by atoms with Crippen LogP contribution in [0, 0.1) is 5.92 Å². The van der Waals surface area contributed by atoms with Crippen LogP contribution in [0.2, 0.25) is 0 Å². The minimum Gasteiger partial charge on any atom is -0.337 e. The number of likely N-dealkylation sites (N-methyl/N-ethyl adjacent to an activating group) is 1. The van der Waals surface area contributed by atoms with E-state index in [4.69, 9.17) is 0 Å². The van der Waals surface area contributed by atoms with E-state index < -0.39 is 0 Å². The Morgan fingerprint density at radius 3 is 2.10 bits per heavy atom. The van der Waals surface area contributed by atoms with Crippen LogP contribution < -0.4 is 5.32 Å². The average Bonchev–Trinajstić information content (AvgIpc) is 3.24. The van der Waals surface area contributed by atoms with Gasteiger partial charge in [0.2, 0.25) is 5.91 Å². The topological polar surface area (TPSA) is 35.6 Å². The van der Waals surface area contributed by atoms with E-state index in [0.29, 0.717) is 18.9 Å². The molecule has 1 aliphatic heterocycles. The Labute approximate surface area is 193 Å². The van der Waals surface area contributed by atoms with Gasteiger partial charge in [0.1, 0.15) is 0 Å². The number of hydrogen-bond donors (Lipinski definition) is 1. The van der Waals surface area contributed by atoms with Gasteiger partial charge >= 0.3 is 0 Å². The van der Waals surface area contributed by atoms with E-state index in [1.807, 2.05) is 29.2 Å². The van der Waals surface area contributed by atoms with Crippen molar-refractivity contribution in [3.8, 4) is 0 Å². The monoisotopic (exact) mass is 451 g/mol. The molecule has 3 rings (SSSR count). The van der Waals surface area contributed by atoms with Gasteiger partial charge in [-0.15, -0.1) is 24.8 Å². The van der Waals surface area contributed by atoms with Gasteiger partial charge in [0.25, 0.3) is 0 Å². The van der Waals surface area contributed by atoms with Crippen molar-refractivity contribution in [1.82, 2.24) is 15.1 Å². The third-order valence-corrected chi connectivity index (χ3v) is 5.54. The normalized spacial score (nSPS) is 15.3. The summed E-state index contributed by atoms with van der Waals surface area (Å²) in [7, 11) is 2.13. The van der Waals surface area contributed by atoms with Crippen molar-refractivity contribution < 1.29 is 4.79 Å². The number of amides is 1. The lowest BCUT2D eigenvalue weighted by molar-refractivity contribution is -0.132. The molecule has 0 saturated carbocycles. The molecule has 0 aliphatic carbocycles. The number of hydrogen-bond acceptors (Lipinski definition) is 3. The summed E-state index contributed by atoms with van der Waals surface area (Å²) < 4.78 is 0. The molecular formula is C24H35Cl2N3O. The summed E-state index contributed by atoms with van der Waals surface area (Å²) in [5.41, 5.74) is 2.50. The van der Waals surface area contributed by atoms with Gasteiger partial charge < -0.3 is 15.1 Å². The molecule has 0 spiro atoms. The first-order valence-electron chi connectivity index (χ1n) is 10.5. The van der Waals surface area contributed by atoms with Gasteiger partial charge in [0.05, 0.1) is 0 Å². The van der Waals surface area contributed by atoms with Gasteiger partial charge in [0, 0.05) is 32.6 Å². The summed E-state index contributed by atoms with van der Waals surface area (Å²) in [5.74, 6) is 0.937. The summed E-state index contributed by atoms with van der Waals surface area (Å²) in [6.45, 7) is 5.39. The zero-order chi connectivity index (χ0) is 19.6. The summed E-state index contributed by atoms with van der Waals surface area (Å²) in [4.78, 5) is 17.3. The van der Waals surface area contributed by atoms with Crippen LogP contribution in [0.5, 0.6) is 0 Å². The number of halogens is 2. The fourth-order valence-electron chi connectivity index (χ4n) is 3.81. The predicted molar refractivity (Wildman–Crippen MR) is 129 cm³/mol. The molecule has 1 N–H and O–H groups in total. The highest BCUT2D eigenvalue weighted by Gasteiger charge is 2.19. The maximum Gasteiger partial charge on any atom is 0.222 e. The number of rotatable bonds is 10. The number of nitrogens with zero attached hydrogens (tertiary/aromatic N) is 2. The van der Waals surface area contributed by atoms with Gasteiger partial charge in [-0.2, -0.15) is 0 Å². The van der Waals surface area contributed by atoms with Crippen molar-refractivity contribution in [3.63, 3.8) is 0 Å². The van der Waals surface area contributed by atoms with Crippen molar-refractivity contribution in [1.29, 1.82) is 0 Å². The molecule has 1 amide bonds. The maximum absolute atomic E-state index is 13.0. The third kappa shape index (κ3) is 9.05. The van der Waals surface area contributed by atoms with Gasteiger partial charge in [-0.1, -0.05) is 60.7 Å². The highest BCUT2D eigenvalue weighted by atomic mass is 35.5. The van der Waals surface area contributed by atoms with Crippen LogP contribution in [-0.2, 0) is 17.9 Å². The molecule has 0 radical (unpaired) electrons. The molecule has 1 aliphatic rings. The standard InChI is InChI=1S/C24H33N3O.2ClH/c1-26(19-22-8-4-2-5-9-22)16-17-27(20-23-10-6-3-7-11-23)24(28)13-12-21-14-15-25-18-21;;/h2-11,21,25H,12-20H2,1H3;2*1H. The maximum atomic E-state index is 13.0. The Bertz CT molecular complexity index is 709. The molecule has 1 atom stereocenters. The first-order chi connectivity index (χ1) is 13.7. The highest BCUT2D eigenvalue weighted by Crippen LogP contribution is 2.16. The van der Waals surface area contributed by atoms with Crippen LogP contribution in [0.25, 0.3) is 0 Å².